The number of aliphatic hydroxyl groups is 1. The number of aromatic nitrogens is 2. The number of nitrogens with one attached hydrogen (secondary N) is 1. The third-order valence-corrected chi connectivity index (χ3v) is 3.95. The number of amides is 1. The van der Waals surface area contributed by atoms with Crippen LogP contribution in [0.1, 0.15) is 45.8 Å². The van der Waals surface area contributed by atoms with Gasteiger partial charge < -0.3 is 15.2 Å². The summed E-state index contributed by atoms with van der Waals surface area (Å²) in [5, 5.41) is 12.3. The number of hydrogen-bond donors (Lipinski definition) is 2. The van der Waals surface area contributed by atoms with Crippen LogP contribution in [0.4, 0.5) is 0 Å². The summed E-state index contributed by atoms with van der Waals surface area (Å²) < 4.78 is 15.3. The van der Waals surface area contributed by atoms with E-state index in [1.54, 1.807) is 6.92 Å². The lowest BCUT2D eigenvalue weighted by Gasteiger charge is -2.16. The zero-order valence-corrected chi connectivity index (χ0v) is 14.0. The van der Waals surface area contributed by atoms with E-state index in [-0.39, 0.29) is 24.4 Å². The van der Waals surface area contributed by atoms with E-state index in [4.69, 9.17) is 6.11 Å². The molecule has 1 aromatic heterocycles. The summed E-state index contributed by atoms with van der Waals surface area (Å²) >= 11 is 0. The molecule has 1 saturated heterocycles. The number of aryl methyl sites for hydroxylation is 1. The average molecular weight is 340 g/mol. The number of rotatable bonds is 7. The van der Waals surface area contributed by atoms with E-state index in [1.165, 1.54) is 22.3 Å². The normalized spacial score (nSPS) is 24.0. The molecule has 134 valence electrons. The summed E-state index contributed by atoms with van der Waals surface area (Å²) in [6.07, 6.45) is 2.05. The van der Waals surface area contributed by atoms with E-state index in [2.05, 4.69) is 5.32 Å². The molecule has 1 aromatic rings. The van der Waals surface area contributed by atoms with Crippen LogP contribution in [0.25, 0.3) is 0 Å². The molecule has 0 saturated carbocycles. The fraction of sp³-hybridized carbons (Fsp3) is 0.688. The largest absolute Gasteiger partial charge is 0.391 e. The predicted molar refractivity (Wildman–Crippen MR) is 87.8 cm³/mol. The highest BCUT2D eigenvalue weighted by molar-refractivity contribution is 5.72. The molecule has 1 aliphatic heterocycles. The Hall–Kier alpha value is -1.93. The van der Waals surface area contributed by atoms with Crippen molar-refractivity contribution in [3.05, 3.63) is 32.6 Å². The van der Waals surface area contributed by atoms with Crippen LogP contribution >= 0.6 is 0 Å². The van der Waals surface area contributed by atoms with Crippen LogP contribution in [0, 0.1) is 6.92 Å². The quantitative estimate of drug-likeness (QED) is 0.675. The van der Waals surface area contributed by atoms with Crippen LogP contribution in [0.5, 0.6) is 0 Å². The molecule has 2 rings (SSSR count). The highest BCUT2D eigenvalue weighted by atomic mass is 16.5. The third-order valence-electron chi connectivity index (χ3n) is 3.95. The smallest absolute Gasteiger partial charge is 0.333 e. The van der Waals surface area contributed by atoms with E-state index >= 15 is 0 Å². The van der Waals surface area contributed by atoms with E-state index in [0.717, 1.165) is 12.8 Å². The van der Waals surface area contributed by atoms with Gasteiger partial charge in [-0.1, -0.05) is 0 Å². The fourth-order valence-corrected chi connectivity index (χ4v) is 2.68. The van der Waals surface area contributed by atoms with Gasteiger partial charge in [-0.2, -0.15) is 0 Å². The number of hydrogen-bond acceptors (Lipinski definition) is 5. The second-order valence-corrected chi connectivity index (χ2v) is 6.03. The van der Waals surface area contributed by atoms with Crippen LogP contribution in [0.3, 0.4) is 0 Å². The lowest BCUT2D eigenvalue weighted by atomic mass is 10.2. The van der Waals surface area contributed by atoms with Crippen molar-refractivity contribution in [3.63, 3.8) is 0 Å². The molecule has 1 aliphatic rings. The molecule has 8 nitrogen and oxygen atoms in total. The summed E-state index contributed by atoms with van der Waals surface area (Å²) in [6.45, 7) is 2.83. The van der Waals surface area contributed by atoms with Crippen molar-refractivity contribution >= 4 is 5.91 Å². The van der Waals surface area contributed by atoms with Crippen molar-refractivity contribution in [1.82, 2.24) is 14.5 Å². The molecule has 3 atom stereocenters. The van der Waals surface area contributed by atoms with E-state index in [0.29, 0.717) is 18.5 Å². The Bertz CT molecular complexity index is 719. The molecule has 0 aliphatic carbocycles. The van der Waals surface area contributed by atoms with Crippen molar-refractivity contribution in [2.24, 2.45) is 0 Å². The van der Waals surface area contributed by atoms with Gasteiger partial charge in [-0.15, -0.1) is 0 Å². The highest BCUT2D eigenvalue weighted by Gasteiger charge is 2.26. The molecule has 2 N–H and O–H groups in total. The molecule has 3 unspecified atom stereocenters. The minimum Gasteiger partial charge on any atom is -0.391 e. The summed E-state index contributed by atoms with van der Waals surface area (Å²) in [7, 11) is 0. The van der Waals surface area contributed by atoms with Gasteiger partial charge >= 0.3 is 5.69 Å². The molecule has 0 bridgehead atoms. The number of carbonyl (C=O) groups is 1. The number of carbonyl (C=O) groups excluding carboxylic acids is 1. The SMILES string of the molecule is [2H]C1OC(n2cc(C)c(=O)n(CCCCCNC(C)=O)c2=O)CC1O. The lowest BCUT2D eigenvalue weighted by molar-refractivity contribution is -0.118. The van der Waals surface area contributed by atoms with Gasteiger partial charge in [0.25, 0.3) is 5.56 Å². The fourth-order valence-electron chi connectivity index (χ4n) is 2.68. The standard InChI is InChI=1S/C16H25N3O5/c1-11-9-19(14-8-13(21)10-24-14)16(23)18(15(11)22)7-5-3-4-6-17-12(2)20/h9,13-14,21H,3-8,10H2,1-2H3,(H,17,20)/i10D. The van der Waals surface area contributed by atoms with Crippen LogP contribution < -0.4 is 16.6 Å². The molecule has 24 heavy (non-hydrogen) atoms. The van der Waals surface area contributed by atoms with Crippen LogP contribution in [-0.4, -0.2) is 39.4 Å². The van der Waals surface area contributed by atoms with E-state index in [1.807, 2.05) is 0 Å². The minimum absolute atomic E-state index is 0.0794. The molecule has 0 aromatic carbocycles. The van der Waals surface area contributed by atoms with Crippen LogP contribution in [0.15, 0.2) is 15.8 Å². The zero-order valence-electron chi connectivity index (χ0n) is 15.0. The van der Waals surface area contributed by atoms with Gasteiger partial charge in [0.15, 0.2) is 0 Å². The predicted octanol–water partition coefficient (Wildman–Crippen LogP) is -0.0954. The van der Waals surface area contributed by atoms with Crippen LogP contribution in [0.2, 0.25) is 0 Å². The number of nitrogens with zero attached hydrogens (tertiary/aromatic N) is 2. The van der Waals surface area contributed by atoms with Gasteiger partial charge in [-0.05, 0) is 26.2 Å². The Morgan fingerprint density at radius 2 is 2.21 bits per heavy atom. The van der Waals surface area contributed by atoms with Gasteiger partial charge in [0.2, 0.25) is 5.91 Å². The van der Waals surface area contributed by atoms with Gasteiger partial charge in [0, 0.05) is 38.2 Å². The van der Waals surface area contributed by atoms with Crippen LogP contribution in [-0.2, 0) is 16.1 Å². The zero-order chi connectivity index (χ0) is 18.6. The summed E-state index contributed by atoms with van der Waals surface area (Å²) in [6, 6.07) is 0. The Morgan fingerprint density at radius 1 is 1.46 bits per heavy atom. The molecule has 1 amide bonds. The first-order valence-corrected chi connectivity index (χ1v) is 8.14. The minimum atomic E-state index is -1.09. The first-order chi connectivity index (χ1) is 11.8. The molecule has 0 radical (unpaired) electrons. The summed E-state index contributed by atoms with van der Waals surface area (Å²) in [5.74, 6) is -0.0794. The molecule has 0 spiro atoms. The van der Waals surface area contributed by atoms with Gasteiger partial charge in [-0.25, -0.2) is 4.79 Å². The van der Waals surface area contributed by atoms with Crippen molar-refractivity contribution in [2.75, 3.05) is 13.1 Å². The topological polar surface area (TPSA) is 103 Å². The Labute approximate surface area is 141 Å². The monoisotopic (exact) mass is 340 g/mol. The lowest BCUT2D eigenvalue weighted by Crippen LogP contribution is -2.42. The van der Waals surface area contributed by atoms with E-state index in [9.17, 15) is 19.5 Å². The summed E-state index contributed by atoms with van der Waals surface area (Å²) in [5.41, 5.74) is -0.433. The highest BCUT2D eigenvalue weighted by Crippen LogP contribution is 2.21. The maximum absolute atomic E-state index is 12.6. The maximum atomic E-state index is 12.6. The Balaban J connectivity index is 2.06. The Kier molecular flexibility index (Phi) is 5.81. The van der Waals surface area contributed by atoms with Crippen molar-refractivity contribution in [1.29, 1.82) is 0 Å². The second-order valence-electron chi connectivity index (χ2n) is 6.03. The molecule has 8 heteroatoms. The van der Waals surface area contributed by atoms with Gasteiger partial charge in [0.05, 0.1) is 14.1 Å². The number of unbranched alkanes of at least 4 members (excludes halogenated alkanes) is 2. The number of aliphatic hydroxyl groups excluding tert-OH is 1. The molecular weight excluding hydrogens is 314 g/mol. The summed E-state index contributed by atoms with van der Waals surface area (Å²) in [4.78, 5) is 35.6. The first kappa shape index (κ1) is 16.9. The molecule has 1 fully saturated rings. The van der Waals surface area contributed by atoms with E-state index < -0.39 is 24.6 Å². The van der Waals surface area contributed by atoms with Crippen molar-refractivity contribution < 1.29 is 16.0 Å². The molecular formula is C16H25N3O5. The molecule has 2 heterocycles. The Morgan fingerprint density at radius 3 is 2.83 bits per heavy atom. The first-order valence-electron chi connectivity index (χ1n) is 8.71. The number of ether oxygens (including phenoxy) is 1. The van der Waals surface area contributed by atoms with Crippen molar-refractivity contribution in [2.45, 2.75) is 58.4 Å². The van der Waals surface area contributed by atoms with Gasteiger partial charge in [-0.3, -0.25) is 18.7 Å². The second kappa shape index (κ2) is 8.25. The third kappa shape index (κ3) is 4.55. The van der Waals surface area contributed by atoms with Gasteiger partial charge in [0.1, 0.15) is 6.23 Å². The maximum Gasteiger partial charge on any atom is 0.333 e. The average Bonchev–Trinajstić information content (AvgIpc) is 2.88. The van der Waals surface area contributed by atoms with Crippen molar-refractivity contribution in [3.8, 4) is 0 Å².